The highest BCUT2D eigenvalue weighted by Crippen LogP contribution is 2.75. The van der Waals surface area contributed by atoms with E-state index in [0.29, 0.717) is 27.6 Å². The van der Waals surface area contributed by atoms with Crippen LogP contribution in [0.3, 0.4) is 0 Å². The molecule has 180 valence electrons. The lowest BCUT2D eigenvalue weighted by Crippen LogP contribution is -2.62. The van der Waals surface area contributed by atoms with Crippen LogP contribution in [0.4, 0.5) is 0 Å². The van der Waals surface area contributed by atoms with Crippen LogP contribution in [0.2, 0.25) is 0 Å². The Labute approximate surface area is 194 Å². The highest BCUT2D eigenvalue weighted by Gasteiger charge is 2.68. The van der Waals surface area contributed by atoms with Gasteiger partial charge < -0.3 is 5.11 Å². The van der Waals surface area contributed by atoms with Gasteiger partial charge in [0.05, 0.1) is 5.60 Å². The van der Waals surface area contributed by atoms with E-state index in [4.69, 9.17) is 0 Å². The number of rotatable bonds is 5. The quantitative estimate of drug-likeness (QED) is 0.462. The van der Waals surface area contributed by atoms with Gasteiger partial charge in [0.2, 0.25) is 0 Å². The molecule has 0 aromatic heterocycles. The SMILES string of the molecule is CC(C)CCC[C@](C)(O)[C@H]1CC[C@]2(C)[C@@H]1CC[C@@H]1[C@@]3(C)CCCC(C)(C)[C@@H]3CC[C@]12C. The van der Waals surface area contributed by atoms with Crippen molar-refractivity contribution >= 4 is 0 Å². The molecule has 0 spiro atoms. The summed E-state index contributed by atoms with van der Waals surface area (Å²) in [5, 5.41) is 11.7. The number of fused-ring (bicyclic) bond motifs is 5. The Morgan fingerprint density at radius 3 is 2.19 bits per heavy atom. The molecule has 0 unspecified atom stereocenters. The van der Waals surface area contributed by atoms with Gasteiger partial charge >= 0.3 is 0 Å². The summed E-state index contributed by atoms with van der Waals surface area (Å²) < 4.78 is 0. The van der Waals surface area contributed by atoms with Crippen LogP contribution in [-0.2, 0) is 0 Å². The van der Waals surface area contributed by atoms with E-state index in [1.54, 1.807) is 0 Å². The molecule has 0 radical (unpaired) electrons. The maximum absolute atomic E-state index is 11.7. The fourth-order valence-electron chi connectivity index (χ4n) is 10.6. The Balaban J connectivity index is 1.59. The van der Waals surface area contributed by atoms with Gasteiger partial charge in [-0.1, -0.05) is 67.7 Å². The number of hydrogen-bond donors (Lipinski definition) is 1. The molecule has 4 saturated carbocycles. The summed E-state index contributed by atoms with van der Waals surface area (Å²) in [6.45, 7) is 20.1. The first kappa shape index (κ1) is 24.1. The molecule has 0 amide bonds. The van der Waals surface area contributed by atoms with Crippen LogP contribution < -0.4 is 0 Å². The van der Waals surface area contributed by atoms with Crippen LogP contribution in [0.5, 0.6) is 0 Å². The van der Waals surface area contributed by atoms with Crippen LogP contribution in [-0.4, -0.2) is 10.7 Å². The Bertz CT molecular complexity index is 661. The van der Waals surface area contributed by atoms with Crippen molar-refractivity contribution in [1.82, 2.24) is 0 Å². The van der Waals surface area contributed by atoms with Crippen molar-refractivity contribution in [1.29, 1.82) is 0 Å². The zero-order valence-corrected chi connectivity index (χ0v) is 22.3. The zero-order chi connectivity index (χ0) is 22.9. The molecule has 4 rings (SSSR count). The minimum Gasteiger partial charge on any atom is -0.390 e. The van der Waals surface area contributed by atoms with Crippen molar-refractivity contribution in [3.63, 3.8) is 0 Å². The van der Waals surface area contributed by atoms with Crippen molar-refractivity contribution in [2.75, 3.05) is 0 Å². The number of aliphatic hydroxyl groups is 1. The van der Waals surface area contributed by atoms with Crippen molar-refractivity contribution in [2.24, 2.45) is 51.2 Å². The molecule has 1 N–H and O–H groups in total. The summed E-state index contributed by atoms with van der Waals surface area (Å²) in [4.78, 5) is 0. The molecule has 0 aliphatic heterocycles. The largest absolute Gasteiger partial charge is 0.390 e. The third-order valence-electron chi connectivity index (χ3n) is 12.4. The van der Waals surface area contributed by atoms with E-state index < -0.39 is 5.60 Å². The van der Waals surface area contributed by atoms with Gasteiger partial charge in [0, 0.05) is 0 Å². The van der Waals surface area contributed by atoms with Crippen molar-refractivity contribution in [3.05, 3.63) is 0 Å². The molecule has 4 fully saturated rings. The second-order valence-electron chi connectivity index (χ2n) is 14.8. The van der Waals surface area contributed by atoms with E-state index in [1.165, 1.54) is 70.6 Å². The Morgan fingerprint density at radius 1 is 0.839 bits per heavy atom. The Morgan fingerprint density at radius 2 is 1.52 bits per heavy atom. The van der Waals surface area contributed by atoms with E-state index in [-0.39, 0.29) is 0 Å². The standard InChI is InChI=1S/C30H54O/c1-21(2)11-9-18-30(8,31)23-14-19-28(6)22(23)12-13-25-27(5)17-10-16-26(3,4)24(27)15-20-29(25,28)7/h21-25,31H,9-20H2,1-8H3/t22-,23+,24+,25-,27+,28-,29-,30+/m1/s1. The first-order chi connectivity index (χ1) is 14.3. The van der Waals surface area contributed by atoms with Gasteiger partial charge in [-0.05, 0) is 116 Å². The van der Waals surface area contributed by atoms with Crippen LogP contribution in [0.15, 0.2) is 0 Å². The minimum absolute atomic E-state index is 0.415. The van der Waals surface area contributed by atoms with Gasteiger partial charge in [0.25, 0.3) is 0 Å². The first-order valence-corrected chi connectivity index (χ1v) is 14.0. The third kappa shape index (κ3) is 3.57. The van der Waals surface area contributed by atoms with Gasteiger partial charge in [-0.3, -0.25) is 0 Å². The predicted octanol–water partition coefficient (Wildman–Crippen LogP) is 8.64. The van der Waals surface area contributed by atoms with Crippen LogP contribution in [0.1, 0.15) is 132 Å². The van der Waals surface area contributed by atoms with Gasteiger partial charge in [-0.2, -0.15) is 0 Å². The highest BCUT2D eigenvalue weighted by molar-refractivity contribution is 5.17. The number of hydrogen-bond acceptors (Lipinski definition) is 1. The van der Waals surface area contributed by atoms with E-state index in [9.17, 15) is 5.11 Å². The van der Waals surface area contributed by atoms with Crippen molar-refractivity contribution < 1.29 is 5.11 Å². The summed E-state index contributed by atoms with van der Waals surface area (Å²) >= 11 is 0. The maximum Gasteiger partial charge on any atom is 0.0650 e. The fraction of sp³-hybridized carbons (Fsp3) is 1.00. The molecule has 0 aromatic rings. The van der Waals surface area contributed by atoms with Gasteiger partial charge in [0.15, 0.2) is 0 Å². The monoisotopic (exact) mass is 430 g/mol. The molecule has 4 aliphatic rings. The third-order valence-corrected chi connectivity index (χ3v) is 12.4. The molecule has 0 bridgehead atoms. The molecule has 1 nitrogen and oxygen atoms in total. The molecular weight excluding hydrogens is 376 g/mol. The average molecular weight is 431 g/mol. The lowest BCUT2D eigenvalue weighted by atomic mass is 9.35. The second-order valence-corrected chi connectivity index (χ2v) is 14.8. The van der Waals surface area contributed by atoms with Gasteiger partial charge in [-0.25, -0.2) is 0 Å². The van der Waals surface area contributed by atoms with E-state index in [2.05, 4.69) is 55.4 Å². The lowest BCUT2D eigenvalue weighted by molar-refractivity contribution is -0.208. The smallest absolute Gasteiger partial charge is 0.0650 e. The lowest BCUT2D eigenvalue weighted by Gasteiger charge is -2.69. The van der Waals surface area contributed by atoms with Crippen LogP contribution >= 0.6 is 0 Å². The fourth-order valence-corrected chi connectivity index (χ4v) is 10.6. The molecular formula is C30H54O. The molecule has 0 aromatic carbocycles. The zero-order valence-electron chi connectivity index (χ0n) is 22.3. The average Bonchev–Trinajstić information content (AvgIpc) is 3.00. The predicted molar refractivity (Wildman–Crippen MR) is 133 cm³/mol. The Kier molecular flexibility index (Phi) is 6.02. The second kappa shape index (κ2) is 7.74. The minimum atomic E-state index is -0.478. The van der Waals surface area contributed by atoms with Crippen LogP contribution in [0.25, 0.3) is 0 Å². The topological polar surface area (TPSA) is 20.2 Å². The van der Waals surface area contributed by atoms with Crippen molar-refractivity contribution in [2.45, 2.75) is 138 Å². The summed E-state index contributed by atoms with van der Waals surface area (Å²) in [5.74, 6) is 3.76. The molecule has 1 heteroatoms. The Hall–Kier alpha value is -0.0400. The summed E-state index contributed by atoms with van der Waals surface area (Å²) in [5.41, 5.74) is 1.44. The summed E-state index contributed by atoms with van der Waals surface area (Å²) in [6.07, 6.45) is 16.0. The summed E-state index contributed by atoms with van der Waals surface area (Å²) in [6, 6.07) is 0. The summed E-state index contributed by atoms with van der Waals surface area (Å²) in [7, 11) is 0. The molecule has 31 heavy (non-hydrogen) atoms. The molecule has 0 saturated heterocycles. The van der Waals surface area contributed by atoms with E-state index in [0.717, 1.165) is 30.1 Å². The molecule has 4 aliphatic carbocycles. The van der Waals surface area contributed by atoms with Crippen LogP contribution in [0, 0.1) is 51.2 Å². The van der Waals surface area contributed by atoms with E-state index >= 15 is 0 Å². The molecule has 8 atom stereocenters. The first-order valence-electron chi connectivity index (χ1n) is 14.0. The van der Waals surface area contributed by atoms with Gasteiger partial charge in [0.1, 0.15) is 0 Å². The highest BCUT2D eigenvalue weighted by atomic mass is 16.3. The maximum atomic E-state index is 11.7. The molecule has 0 heterocycles. The normalized spacial score (nSPS) is 48.6. The van der Waals surface area contributed by atoms with Gasteiger partial charge in [-0.15, -0.1) is 0 Å². The van der Waals surface area contributed by atoms with Crippen molar-refractivity contribution in [3.8, 4) is 0 Å². The van der Waals surface area contributed by atoms with E-state index in [1.807, 2.05) is 0 Å².